The van der Waals surface area contributed by atoms with Gasteiger partial charge >= 0.3 is 0 Å². The number of aromatic nitrogens is 2. The van der Waals surface area contributed by atoms with Gasteiger partial charge in [-0.15, -0.1) is 11.3 Å². The monoisotopic (exact) mass is 305 g/mol. The average Bonchev–Trinajstić information content (AvgIpc) is 3.05. The van der Waals surface area contributed by atoms with E-state index in [-0.39, 0.29) is 17.9 Å². The number of nitrogens with one attached hydrogen (secondary N) is 1. The molecule has 6 heteroatoms. The molecule has 1 N–H and O–H groups in total. The highest BCUT2D eigenvalue weighted by molar-refractivity contribution is 7.18. The van der Waals surface area contributed by atoms with E-state index in [1.54, 1.807) is 0 Å². The number of hydrogen-bond donors (Lipinski definition) is 1. The Balaban J connectivity index is 1.94. The average molecular weight is 305 g/mol. The minimum absolute atomic E-state index is 0.0546. The van der Waals surface area contributed by atoms with Gasteiger partial charge in [0.25, 0.3) is 5.56 Å². The molecule has 0 atom stereocenters. The number of carbonyl (C=O) groups excluding carboxylic acids is 1. The van der Waals surface area contributed by atoms with Gasteiger partial charge < -0.3 is 9.88 Å². The Morgan fingerprint density at radius 3 is 2.76 bits per heavy atom. The van der Waals surface area contributed by atoms with Gasteiger partial charge in [-0.2, -0.15) is 0 Å². The molecule has 1 aliphatic rings. The number of fused-ring (bicyclic) bond motifs is 1. The van der Waals surface area contributed by atoms with E-state index < -0.39 is 0 Å². The molecule has 112 valence electrons. The van der Waals surface area contributed by atoms with E-state index in [1.165, 1.54) is 11.3 Å². The molecule has 1 amide bonds. The normalized spacial score (nSPS) is 15.0. The Morgan fingerprint density at radius 1 is 1.38 bits per heavy atom. The summed E-state index contributed by atoms with van der Waals surface area (Å²) >= 11 is 1.53. The van der Waals surface area contributed by atoms with Crippen molar-refractivity contribution in [2.75, 3.05) is 13.1 Å². The first kappa shape index (κ1) is 14.3. The third-order valence-corrected chi connectivity index (χ3v) is 5.08. The quantitative estimate of drug-likeness (QED) is 0.943. The fourth-order valence-corrected chi connectivity index (χ4v) is 4.08. The number of likely N-dealkylation sites (tertiary alicyclic amines) is 1. The van der Waals surface area contributed by atoms with Crippen LogP contribution in [0.4, 0.5) is 0 Å². The van der Waals surface area contributed by atoms with Crippen LogP contribution in [-0.4, -0.2) is 33.9 Å². The van der Waals surface area contributed by atoms with Crippen molar-refractivity contribution in [2.24, 2.45) is 0 Å². The largest absolute Gasteiger partial charge is 0.342 e. The van der Waals surface area contributed by atoms with Crippen molar-refractivity contribution >= 4 is 27.5 Å². The molecule has 1 fully saturated rings. The van der Waals surface area contributed by atoms with Crippen LogP contribution in [0, 0.1) is 6.92 Å². The maximum absolute atomic E-state index is 12.3. The van der Waals surface area contributed by atoms with Gasteiger partial charge in [0.1, 0.15) is 10.7 Å². The molecule has 0 saturated carbocycles. The van der Waals surface area contributed by atoms with Crippen molar-refractivity contribution < 1.29 is 4.79 Å². The third kappa shape index (κ3) is 2.60. The minimum atomic E-state index is -0.120. The Bertz CT molecular complexity index is 741. The summed E-state index contributed by atoms with van der Waals surface area (Å²) < 4.78 is 0. The number of aryl methyl sites for hydroxylation is 2. The second kappa shape index (κ2) is 5.60. The van der Waals surface area contributed by atoms with Crippen molar-refractivity contribution in [1.82, 2.24) is 14.9 Å². The molecule has 3 rings (SSSR count). The standard InChI is InChI=1S/C15H19N3O2S/c1-3-10-9(2)21-15-13(10)14(20)16-11(17-15)8-12(19)18-6-4-5-7-18/h3-8H2,1-2H3,(H,16,17,20). The summed E-state index contributed by atoms with van der Waals surface area (Å²) in [5.41, 5.74) is 0.951. The number of thiophene rings is 1. The van der Waals surface area contributed by atoms with Crippen LogP contribution in [-0.2, 0) is 17.6 Å². The van der Waals surface area contributed by atoms with Gasteiger partial charge in [-0.1, -0.05) is 6.92 Å². The zero-order valence-electron chi connectivity index (χ0n) is 12.4. The van der Waals surface area contributed by atoms with Crippen LogP contribution in [0.1, 0.15) is 36.0 Å². The predicted octanol–water partition coefficient (Wildman–Crippen LogP) is 2.02. The molecule has 0 aromatic carbocycles. The van der Waals surface area contributed by atoms with Crippen molar-refractivity contribution in [3.05, 3.63) is 26.6 Å². The van der Waals surface area contributed by atoms with Gasteiger partial charge in [-0.25, -0.2) is 4.98 Å². The van der Waals surface area contributed by atoms with Gasteiger partial charge in [0.15, 0.2) is 0 Å². The Hall–Kier alpha value is -1.69. The summed E-state index contributed by atoms with van der Waals surface area (Å²) in [5, 5.41) is 0.692. The van der Waals surface area contributed by atoms with E-state index in [2.05, 4.69) is 9.97 Å². The smallest absolute Gasteiger partial charge is 0.259 e. The summed E-state index contributed by atoms with van der Waals surface area (Å²) in [6.07, 6.45) is 3.14. The van der Waals surface area contributed by atoms with Gasteiger partial charge in [-0.3, -0.25) is 9.59 Å². The van der Waals surface area contributed by atoms with Crippen LogP contribution in [0.15, 0.2) is 4.79 Å². The van der Waals surface area contributed by atoms with Crippen LogP contribution in [0.5, 0.6) is 0 Å². The number of aromatic amines is 1. The molecule has 0 radical (unpaired) electrons. The van der Waals surface area contributed by atoms with E-state index in [9.17, 15) is 9.59 Å². The Morgan fingerprint density at radius 2 is 2.10 bits per heavy atom. The van der Waals surface area contributed by atoms with Crippen LogP contribution >= 0.6 is 11.3 Å². The highest BCUT2D eigenvalue weighted by Crippen LogP contribution is 2.27. The van der Waals surface area contributed by atoms with Crippen molar-refractivity contribution in [2.45, 2.75) is 39.5 Å². The first-order valence-corrected chi connectivity index (χ1v) is 8.20. The molecule has 1 aliphatic heterocycles. The maximum Gasteiger partial charge on any atom is 0.259 e. The van der Waals surface area contributed by atoms with Gasteiger partial charge in [0.2, 0.25) is 5.91 Å². The summed E-state index contributed by atoms with van der Waals surface area (Å²) in [4.78, 5) is 35.4. The van der Waals surface area contributed by atoms with Crippen LogP contribution in [0.3, 0.4) is 0 Å². The SMILES string of the molecule is CCc1c(C)sc2nc(CC(=O)N3CCCC3)[nH]c(=O)c12. The van der Waals surface area contributed by atoms with E-state index >= 15 is 0 Å². The highest BCUT2D eigenvalue weighted by Gasteiger charge is 2.20. The maximum atomic E-state index is 12.3. The number of carbonyl (C=O) groups is 1. The first-order chi connectivity index (χ1) is 10.1. The second-order valence-electron chi connectivity index (χ2n) is 5.45. The third-order valence-electron chi connectivity index (χ3n) is 4.04. The second-order valence-corrected chi connectivity index (χ2v) is 6.65. The molecule has 1 saturated heterocycles. The lowest BCUT2D eigenvalue weighted by atomic mass is 10.1. The Labute approximate surface area is 127 Å². The molecular weight excluding hydrogens is 286 g/mol. The molecule has 2 aromatic rings. The number of hydrogen-bond acceptors (Lipinski definition) is 4. The first-order valence-electron chi connectivity index (χ1n) is 7.39. The molecule has 2 aromatic heterocycles. The number of rotatable bonds is 3. The summed E-state index contributed by atoms with van der Waals surface area (Å²) in [6, 6.07) is 0. The molecular formula is C15H19N3O2S. The van der Waals surface area contributed by atoms with Gasteiger partial charge in [-0.05, 0) is 31.7 Å². The number of H-pyrrole nitrogens is 1. The molecule has 0 spiro atoms. The Kier molecular flexibility index (Phi) is 3.80. The van der Waals surface area contributed by atoms with Gasteiger partial charge in [0, 0.05) is 18.0 Å². The fraction of sp³-hybridized carbons (Fsp3) is 0.533. The van der Waals surface area contributed by atoms with E-state index in [0.29, 0.717) is 11.2 Å². The lowest BCUT2D eigenvalue weighted by Crippen LogP contribution is -2.30. The van der Waals surface area contributed by atoms with Crippen LogP contribution in [0.25, 0.3) is 10.2 Å². The minimum Gasteiger partial charge on any atom is -0.342 e. The number of nitrogens with zero attached hydrogens (tertiary/aromatic N) is 2. The van der Waals surface area contributed by atoms with Crippen LogP contribution in [0.2, 0.25) is 0 Å². The van der Waals surface area contributed by atoms with Gasteiger partial charge in [0.05, 0.1) is 11.8 Å². The summed E-state index contributed by atoms with van der Waals surface area (Å²) in [7, 11) is 0. The van der Waals surface area contributed by atoms with Crippen molar-refractivity contribution in [3.8, 4) is 0 Å². The van der Waals surface area contributed by atoms with E-state index in [4.69, 9.17) is 0 Å². The molecule has 21 heavy (non-hydrogen) atoms. The van der Waals surface area contributed by atoms with E-state index in [0.717, 1.165) is 47.6 Å². The zero-order valence-corrected chi connectivity index (χ0v) is 13.2. The lowest BCUT2D eigenvalue weighted by molar-refractivity contribution is -0.129. The van der Waals surface area contributed by atoms with Crippen molar-refractivity contribution in [3.63, 3.8) is 0 Å². The molecule has 3 heterocycles. The van der Waals surface area contributed by atoms with Crippen molar-refractivity contribution in [1.29, 1.82) is 0 Å². The summed E-state index contributed by atoms with van der Waals surface area (Å²) in [5.74, 6) is 0.535. The number of amides is 1. The molecule has 0 aliphatic carbocycles. The van der Waals surface area contributed by atoms with Crippen LogP contribution < -0.4 is 5.56 Å². The zero-order chi connectivity index (χ0) is 15.0. The van der Waals surface area contributed by atoms with E-state index in [1.807, 2.05) is 18.7 Å². The highest BCUT2D eigenvalue weighted by atomic mass is 32.1. The lowest BCUT2D eigenvalue weighted by Gasteiger charge is -2.14. The molecule has 5 nitrogen and oxygen atoms in total. The molecule has 0 unspecified atom stereocenters. The fourth-order valence-electron chi connectivity index (χ4n) is 2.95. The predicted molar refractivity (Wildman–Crippen MR) is 83.9 cm³/mol. The topological polar surface area (TPSA) is 66.1 Å². The molecule has 0 bridgehead atoms. The summed E-state index contributed by atoms with van der Waals surface area (Å²) in [6.45, 7) is 5.70.